The van der Waals surface area contributed by atoms with E-state index in [-0.39, 0.29) is 5.41 Å². The van der Waals surface area contributed by atoms with E-state index in [9.17, 15) is 0 Å². The lowest BCUT2D eigenvalue weighted by atomic mass is 9.96. The van der Waals surface area contributed by atoms with Gasteiger partial charge in [-0.25, -0.2) is 9.97 Å². The number of nitrogens with zero attached hydrogens (tertiary/aromatic N) is 3. The van der Waals surface area contributed by atoms with Crippen molar-refractivity contribution in [1.82, 2.24) is 15.1 Å². The first-order chi connectivity index (χ1) is 9.27. The van der Waals surface area contributed by atoms with E-state index < -0.39 is 0 Å². The van der Waals surface area contributed by atoms with Crippen molar-refractivity contribution in [3.8, 4) is 0 Å². The molecule has 0 aromatic carbocycles. The molecule has 0 unspecified atom stereocenters. The van der Waals surface area contributed by atoms with Crippen LogP contribution in [0.5, 0.6) is 0 Å². The van der Waals surface area contributed by atoms with Crippen molar-refractivity contribution in [2.24, 2.45) is 0 Å². The van der Waals surface area contributed by atoms with E-state index in [2.05, 4.69) is 57.1 Å². The molecular weight excluding hydrogens is 320 g/mol. The summed E-state index contributed by atoms with van der Waals surface area (Å²) in [5.74, 6) is 2.42. The number of halogens is 1. The average molecular weight is 339 g/mol. The van der Waals surface area contributed by atoms with E-state index in [1.165, 1.54) is 0 Å². The molecule has 0 aliphatic carbocycles. The number of hydrogen-bond donors (Lipinski definition) is 1. The molecule has 20 heavy (non-hydrogen) atoms. The van der Waals surface area contributed by atoms with Crippen molar-refractivity contribution in [1.29, 1.82) is 0 Å². The molecule has 2 aromatic rings. The highest BCUT2D eigenvalue weighted by Gasteiger charge is 2.19. The molecule has 0 spiro atoms. The molecule has 0 fully saturated rings. The second-order valence-corrected chi connectivity index (χ2v) is 6.62. The summed E-state index contributed by atoms with van der Waals surface area (Å²) in [4.78, 5) is 8.98. The van der Waals surface area contributed by atoms with Gasteiger partial charge in [0, 0.05) is 23.6 Å². The lowest BCUT2D eigenvalue weighted by Gasteiger charge is -2.18. The molecule has 1 N–H and O–H groups in total. The van der Waals surface area contributed by atoms with Gasteiger partial charge in [-0.05, 0) is 29.8 Å². The maximum atomic E-state index is 5.15. The smallest absolute Gasteiger partial charge is 0.138 e. The molecule has 0 atom stereocenters. The molecule has 2 rings (SSSR count). The Bertz CT molecular complexity index is 597. The summed E-state index contributed by atoms with van der Waals surface area (Å²) >= 11 is 3.43. The molecule has 108 valence electrons. The van der Waals surface area contributed by atoms with Crippen molar-refractivity contribution in [2.45, 2.75) is 46.6 Å². The molecule has 0 amide bonds. The number of hydrogen-bond acceptors (Lipinski definition) is 5. The van der Waals surface area contributed by atoms with Gasteiger partial charge in [-0.3, -0.25) is 0 Å². The van der Waals surface area contributed by atoms with Gasteiger partial charge in [-0.2, -0.15) is 0 Å². The van der Waals surface area contributed by atoms with Gasteiger partial charge in [0.05, 0.1) is 5.69 Å². The van der Waals surface area contributed by atoms with Crippen LogP contribution in [0.2, 0.25) is 0 Å². The maximum Gasteiger partial charge on any atom is 0.138 e. The molecule has 0 bridgehead atoms. The molecule has 0 saturated carbocycles. The standard InChI is InChI=1S/C14H19BrN4O/c1-8-10(9(2)20-19-8)7-16-12-6-11(15)17-13(18-12)14(3,4)5/h6H,7H2,1-5H3,(H,16,17,18). The zero-order valence-electron chi connectivity index (χ0n) is 12.4. The highest BCUT2D eigenvalue weighted by Crippen LogP contribution is 2.23. The van der Waals surface area contributed by atoms with Crippen LogP contribution in [-0.4, -0.2) is 15.1 Å². The average Bonchev–Trinajstić information content (AvgIpc) is 2.65. The first-order valence-corrected chi connectivity index (χ1v) is 7.27. The third-order valence-electron chi connectivity index (χ3n) is 2.99. The van der Waals surface area contributed by atoms with Crippen LogP contribution in [0.1, 0.15) is 43.6 Å². The van der Waals surface area contributed by atoms with Crippen molar-refractivity contribution >= 4 is 21.7 Å². The third kappa shape index (κ3) is 3.36. The van der Waals surface area contributed by atoms with Gasteiger partial charge in [-0.1, -0.05) is 25.9 Å². The van der Waals surface area contributed by atoms with E-state index in [0.29, 0.717) is 6.54 Å². The number of anilines is 1. The normalized spacial score (nSPS) is 11.7. The molecule has 0 aliphatic heterocycles. The van der Waals surface area contributed by atoms with Gasteiger partial charge in [0.1, 0.15) is 22.0 Å². The van der Waals surface area contributed by atoms with Gasteiger partial charge in [0.25, 0.3) is 0 Å². The number of nitrogens with one attached hydrogen (secondary N) is 1. The first-order valence-electron chi connectivity index (χ1n) is 6.48. The van der Waals surface area contributed by atoms with Crippen LogP contribution < -0.4 is 5.32 Å². The van der Waals surface area contributed by atoms with Crippen molar-refractivity contribution in [3.63, 3.8) is 0 Å². The SMILES string of the molecule is Cc1noc(C)c1CNc1cc(Br)nc(C(C)(C)C)n1. The van der Waals surface area contributed by atoms with Crippen LogP contribution in [-0.2, 0) is 12.0 Å². The Morgan fingerprint density at radius 2 is 1.95 bits per heavy atom. The van der Waals surface area contributed by atoms with Gasteiger partial charge in [-0.15, -0.1) is 0 Å². The molecule has 0 aliphatic rings. The molecule has 6 heteroatoms. The Kier molecular flexibility index (Phi) is 4.13. The van der Waals surface area contributed by atoms with E-state index in [0.717, 1.165) is 33.3 Å². The molecular formula is C14H19BrN4O. The summed E-state index contributed by atoms with van der Waals surface area (Å²) in [5, 5.41) is 7.25. The molecule has 5 nitrogen and oxygen atoms in total. The van der Waals surface area contributed by atoms with Gasteiger partial charge in [0.2, 0.25) is 0 Å². The van der Waals surface area contributed by atoms with Crippen LogP contribution >= 0.6 is 15.9 Å². The van der Waals surface area contributed by atoms with Crippen LogP contribution in [0, 0.1) is 13.8 Å². The number of aryl methyl sites for hydroxylation is 2. The fourth-order valence-electron chi connectivity index (χ4n) is 1.78. The summed E-state index contributed by atoms with van der Waals surface area (Å²) in [7, 11) is 0. The third-order valence-corrected chi connectivity index (χ3v) is 3.40. The Hall–Kier alpha value is -1.43. The largest absolute Gasteiger partial charge is 0.366 e. The van der Waals surface area contributed by atoms with Crippen molar-refractivity contribution < 1.29 is 4.52 Å². The maximum absolute atomic E-state index is 5.15. The minimum Gasteiger partial charge on any atom is -0.366 e. The number of aromatic nitrogens is 3. The summed E-state index contributed by atoms with van der Waals surface area (Å²) in [6, 6.07) is 1.87. The zero-order valence-corrected chi connectivity index (χ0v) is 14.0. The fraction of sp³-hybridized carbons (Fsp3) is 0.500. The monoisotopic (exact) mass is 338 g/mol. The Balaban J connectivity index is 2.20. The van der Waals surface area contributed by atoms with Crippen LogP contribution in [0.4, 0.5) is 5.82 Å². The lowest BCUT2D eigenvalue weighted by molar-refractivity contribution is 0.392. The van der Waals surface area contributed by atoms with E-state index in [1.807, 2.05) is 19.9 Å². The highest BCUT2D eigenvalue weighted by atomic mass is 79.9. The highest BCUT2D eigenvalue weighted by molar-refractivity contribution is 9.10. The first kappa shape index (κ1) is 15.0. The lowest BCUT2D eigenvalue weighted by Crippen LogP contribution is -2.17. The van der Waals surface area contributed by atoms with Gasteiger partial charge in [0.15, 0.2) is 0 Å². The van der Waals surface area contributed by atoms with E-state index >= 15 is 0 Å². The second-order valence-electron chi connectivity index (χ2n) is 5.81. The second kappa shape index (κ2) is 5.52. The predicted molar refractivity (Wildman–Crippen MR) is 81.7 cm³/mol. The Morgan fingerprint density at radius 3 is 2.50 bits per heavy atom. The van der Waals surface area contributed by atoms with Crippen LogP contribution in [0.15, 0.2) is 15.2 Å². The minimum absolute atomic E-state index is 0.0940. The summed E-state index contributed by atoms with van der Waals surface area (Å²) in [5.41, 5.74) is 1.87. The topological polar surface area (TPSA) is 63.8 Å². The van der Waals surface area contributed by atoms with Gasteiger partial charge >= 0.3 is 0 Å². The van der Waals surface area contributed by atoms with Crippen LogP contribution in [0.25, 0.3) is 0 Å². The van der Waals surface area contributed by atoms with Crippen molar-refractivity contribution in [3.05, 3.63) is 33.5 Å². The minimum atomic E-state index is -0.0940. The Labute approximate surface area is 127 Å². The van der Waals surface area contributed by atoms with Crippen LogP contribution in [0.3, 0.4) is 0 Å². The summed E-state index contributed by atoms with van der Waals surface area (Å²) in [6.07, 6.45) is 0. The predicted octanol–water partition coefficient (Wildman–Crippen LogP) is 3.75. The van der Waals surface area contributed by atoms with E-state index in [4.69, 9.17) is 4.52 Å². The van der Waals surface area contributed by atoms with Crippen molar-refractivity contribution in [2.75, 3.05) is 5.32 Å². The molecule has 2 heterocycles. The quantitative estimate of drug-likeness (QED) is 0.863. The fourth-order valence-corrected chi connectivity index (χ4v) is 2.16. The summed E-state index contributed by atoms with van der Waals surface area (Å²) in [6.45, 7) is 10.7. The molecule has 0 saturated heterocycles. The molecule has 0 radical (unpaired) electrons. The number of rotatable bonds is 3. The Morgan fingerprint density at radius 1 is 1.25 bits per heavy atom. The van der Waals surface area contributed by atoms with Gasteiger partial charge < -0.3 is 9.84 Å². The van der Waals surface area contributed by atoms with E-state index in [1.54, 1.807) is 0 Å². The zero-order chi connectivity index (χ0) is 14.9. The molecule has 2 aromatic heterocycles. The summed E-state index contributed by atoms with van der Waals surface area (Å²) < 4.78 is 5.93.